The monoisotopic (exact) mass is 362 g/mol. The molecule has 0 aliphatic heterocycles. The fourth-order valence-corrected chi connectivity index (χ4v) is 2.27. The van der Waals surface area contributed by atoms with Crippen LogP contribution in [0.4, 0.5) is 22.0 Å². The molecule has 22 heavy (non-hydrogen) atoms. The Bertz CT molecular complexity index is 839. The van der Waals surface area contributed by atoms with Gasteiger partial charge in [0.15, 0.2) is 29.1 Å². The van der Waals surface area contributed by atoms with Crippen LogP contribution >= 0.6 is 0 Å². The van der Waals surface area contributed by atoms with Crippen molar-refractivity contribution in [2.75, 3.05) is 0 Å². The third-order valence-corrected chi connectivity index (χ3v) is 3.45. The Kier molecular flexibility index (Phi) is 6.29. The van der Waals surface area contributed by atoms with Gasteiger partial charge < -0.3 is 4.55 Å². The van der Waals surface area contributed by atoms with Crippen molar-refractivity contribution in [1.82, 2.24) is 0 Å². The van der Waals surface area contributed by atoms with Gasteiger partial charge in [-0.2, -0.15) is 0 Å². The van der Waals surface area contributed by atoms with Crippen molar-refractivity contribution in [1.29, 1.82) is 0 Å². The molecular weight excluding hydrogens is 358 g/mol. The molecule has 0 N–H and O–H groups in total. The van der Waals surface area contributed by atoms with Gasteiger partial charge in [-0.1, -0.05) is 12.1 Å². The fraction of sp³-hybridized carbons (Fsp3) is 0. The van der Waals surface area contributed by atoms with Gasteiger partial charge >= 0.3 is 51.4 Å². The summed E-state index contributed by atoms with van der Waals surface area (Å²) >= 11 is 0. The summed E-state index contributed by atoms with van der Waals surface area (Å²) in [6, 6.07) is 2.07. The Morgan fingerprint density at radius 1 is 0.864 bits per heavy atom. The minimum Gasteiger partial charge on any atom is -0.744 e. The van der Waals surface area contributed by atoms with Gasteiger partial charge in [-0.3, -0.25) is 0 Å². The first-order valence-corrected chi connectivity index (χ1v) is 6.63. The largest absolute Gasteiger partial charge is 1.00 e. The third kappa shape index (κ3) is 3.58. The van der Waals surface area contributed by atoms with Crippen molar-refractivity contribution >= 4 is 10.1 Å². The summed E-state index contributed by atoms with van der Waals surface area (Å²) in [6.07, 6.45) is 0. The molecule has 0 bridgehead atoms. The summed E-state index contributed by atoms with van der Waals surface area (Å²) in [5.41, 5.74) is -2.52. The van der Waals surface area contributed by atoms with Gasteiger partial charge in [0.1, 0.15) is 10.1 Å². The molecule has 0 atom stereocenters. The Morgan fingerprint density at radius 2 is 1.45 bits per heavy atom. The van der Waals surface area contributed by atoms with Crippen molar-refractivity contribution in [3.05, 3.63) is 53.4 Å². The Hall–Kier alpha value is -0.364. The maximum absolute atomic E-state index is 13.9. The molecule has 0 saturated heterocycles. The van der Waals surface area contributed by atoms with Crippen LogP contribution in [0.15, 0.2) is 29.2 Å². The second-order valence-electron chi connectivity index (χ2n) is 3.91. The van der Waals surface area contributed by atoms with Gasteiger partial charge in [0, 0.05) is 5.56 Å². The van der Waals surface area contributed by atoms with E-state index < -0.39 is 55.2 Å². The zero-order chi connectivity index (χ0) is 15.9. The van der Waals surface area contributed by atoms with Crippen LogP contribution in [-0.4, -0.2) is 13.0 Å². The molecule has 0 amide bonds. The van der Waals surface area contributed by atoms with E-state index in [0.29, 0.717) is 12.1 Å². The smallest absolute Gasteiger partial charge is 0.744 e. The van der Waals surface area contributed by atoms with E-state index in [2.05, 4.69) is 0 Å². The maximum Gasteiger partial charge on any atom is 1.00 e. The molecule has 0 aromatic heterocycles. The summed E-state index contributed by atoms with van der Waals surface area (Å²) in [6.45, 7) is 0. The van der Waals surface area contributed by atoms with E-state index in [9.17, 15) is 34.9 Å². The van der Waals surface area contributed by atoms with Gasteiger partial charge in [-0.25, -0.2) is 30.4 Å². The predicted molar refractivity (Wildman–Crippen MR) is 59.6 cm³/mol. The van der Waals surface area contributed by atoms with Crippen molar-refractivity contribution < 1.29 is 86.3 Å². The summed E-state index contributed by atoms with van der Waals surface area (Å²) in [5, 5.41) is 0. The first-order valence-electron chi connectivity index (χ1n) is 5.22. The number of benzene rings is 2. The predicted octanol–water partition coefficient (Wildman–Crippen LogP) is -0.0428. The molecule has 2 rings (SSSR count). The van der Waals surface area contributed by atoms with E-state index >= 15 is 0 Å². The van der Waals surface area contributed by atoms with E-state index in [4.69, 9.17) is 0 Å². The van der Waals surface area contributed by atoms with Gasteiger partial charge in [-0.15, -0.1) is 0 Å². The SMILES string of the molecule is O=S(=O)([O-])c1cc(F)c(F)c(-c2cccc(F)c2F)c1F.[K+]. The average molecular weight is 362 g/mol. The first-order chi connectivity index (χ1) is 9.64. The second kappa shape index (κ2) is 7.03. The fourth-order valence-electron chi connectivity index (χ4n) is 1.70. The van der Waals surface area contributed by atoms with E-state index in [1.807, 2.05) is 0 Å². The van der Waals surface area contributed by atoms with Crippen LogP contribution in [-0.2, 0) is 10.1 Å². The van der Waals surface area contributed by atoms with Crippen LogP contribution in [0.5, 0.6) is 0 Å². The molecule has 0 fully saturated rings. The number of rotatable bonds is 2. The van der Waals surface area contributed by atoms with Crippen molar-refractivity contribution in [3.63, 3.8) is 0 Å². The molecule has 0 unspecified atom stereocenters. The Balaban J connectivity index is 0.00000242. The molecule has 0 radical (unpaired) electrons. The number of hydrogen-bond donors (Lipinski definition) is 0. The molecule has 0 saturated carbocycles. The number of halogens is 5. The van der Waals surface area contributed by atoms with Crippen LogP contribution in [0.1, 0.15) is 0 Å². The zero-order valence-electron chi connectivity index (χ0n) is 10.8. The Labute approximate surface area is 164 Å². The molecule has 3 nitrogen and oxygen atoms in total. The molecular formula is C12H4F5KO3S. The van der Waals surface area contributed by atoms with E-state index in [1.165, 1.54) is 0 Å². The van der Waals surface area contributed by atoms with Gasteiger partial charge in [0.05, 0.1) is 10.5 Å². The van der Waals surface area contributed by atoms with Crippen LogP contribution in [0.2, 0.25) is 0 Å². The third-order valence-electron chi connectivity index (χ3n) is 2.61. The van der Waals surface area contributed by atoms with Crippen molar-refractivity contribution in [2.45, 2.75) is 4.90 Å². The van der Waals surface area contributed by atoms with Crippen LogP contribution in [0.25, 0.3) is 11.1 Å². The van der Waals surface area contributed by atoms with Crippen LogP contribution < -0.4 is 51.4 Å². The molecule has 2 aromatic carbocycles. The maximum atomic E-state index is 13.9. The minimum atomic E-state index is -5.47. The summed E-state index contributed by atoms with van der Waals surface area (Å²) in [4.78, 5) is -1.69. The quantitative estimate of drug-likeness (QED) is 0.326. The molecule has 0 aliphatic carbocycles. The standard InChI is InChI=1S/C12H5F5O3S.K/c13-6-3-1-2-5(10(6)15)9-11(16)7(14)4-8(12(9)17)21(18,19)20;/h1-4H,(H,18,19,20);/q;+1/p-1. The minimum absolute atomic E-state index is 0. The number of hydrogen-bond acceptors (Lipinski definition) is 3. The van der Waals surface area contributed by atoms with E-state index in [1.54, 1.807) is 0 Å². The molecule has 0 aliphatic rings. The summed E-state index contributed by atoms with van der Waals surface area (Å²) in [5.74, 6) is -9.01. The molecule has 2 aromatic rings. The molecule has 0 heterocycles. The molecule has 10 heteroatoms. The normalized spacial score (nSPS) is 11.2. The zero-order valence-corrected chi connectivity index (χ0v) is 14.8. The molecule has 112 valence electrons. The van der Waals surface area contributed by atoms with Gasteiger partial charge in [0.2, 0.25) is 0 Å². The van der Waals surface area contributed by atoms with Gasteiger partial charge in [0.25, 0.3) is 0 Å². The van der Waals surface area contributed by atoms with Crippen LogP contribution in [0.3, 0.4) is 0 Å². The average Bonchev–Trinajstić information content (AvgIpc) is 2.37. The van der Waals surface area contributed by atoms with E-state index in [-0.39, 0.29) is 57.5 Å². The van der Waals surface area contributed by atoms with Gasteiger partial charge in [-0.05, 0) is 12.1 Å². The summed E-state index contributed by atoms with van der Waals surface area (Å²) < 4.78 is 99.9. The van der Waals surface area contributed by atoms with Crippen molar-refractivity contribution in [2.24, 2.45) is 0 Å². The van der Waals surface area contributed by atoms with Crippen LogP contribution in [0, 0.1) is 29.1 Å². The second-order valence-corrected chi connectivity index (χ2v) is 5.26. The topological polar surface area (TPSA) is 57.2 Å². The van der Waals surface area contributed by atoms with E-state index in [0.717, 1.165) is 6.07 Å². The summed E-state index contributed by atoms with van der Waals surface area (Å²) in [7, 11) is -5.47. The molecule has 0 spiro atoms. The van der Waals surface area contributed by atoms with Crippen molar-refractivity contribution in [3.8, 4) is 11.1 Å². The Morgan fingerprint density at radius 3 is 2.00 bits per heavy atom. The first kappa shape index (κ1) is 19.7.